The molecule has 0 aliphatic heterocycles. The standard InChI is InChI=1S/C16H29N3/c1-6-15(17)14-10-8-9-11-16(14)19(7-2)13(3)12-18(4)5/h8-11,13,15H,6-7,12,17H2,1-5H3/t13?,15-/m0/s1. The quantitative estimate of drug-likeness (QED) is 0.821. The van der Waals surface area contributed by atoms with Crippen LogP contribution in [0.2, 0.25) is 0 Å². The number of nitrogens with two attached hydrogens (primary N) is 1. The molecule has 0 radical (unpaired) electrons. The van der Waals surface area contributed by atoms with Gasteiger partial charge in [0.1, 0.15) is 0 Å². The summed E-state index contributed by atoms with van der Waals surface area (Å²) in [6, 6.07) is 9.14. The zero-order valence-electron chi connectivity index (χ0n) is 13.1. The van der Waals surface area contributed by atoms with Crippen LogP contribution in [-0.2, 0) is 0 Å². The van der Waals surface area contributed by atoms with Gasteiger partial charge < -0.3 is 15.5 Å². The van der Waals surface area contributed by atoms with Crippen molar-refractivity contribution < 1.29 is 0 Å². The Morgan fingerprint density at radius 3 is 2.32 bits per heavy atom. The summed E-state index contributed by atoms with van der Waals surface area (Å²) in [7, 11) is 4.24. The van der Waals surface area contributed by atoms with Gasteiger partial charge in [-0.05, 0) is 46.0 Å². The Bertz CT molecular complexity index is 376. The monoisotopic (exact) mass is 263 g/mol. The second-order valence-corrected chi connectivity index (χ2v) is 5.47. The third kappa shape index (κ3) is 4.22. The highest BCUT2D eigenvalue weighted by Crippen LogP contribution is 2.28. The summed E-state index contributed by atoms with van der Waals surface area (Å²) < 4.78 is 0. The highest BCUT2D eigenvalue weighted by Gasteiger charge is 2.18. The van der Waals surface area contributed by atoms with Gasteiger partial charge in [-0.1, -0.05) is 25.1 Å². The van der Waals surface area contributed by atoms with Crippen molar-refractivity contribution in [3.8, 4) is 0 Å². The molecular formula is C16H29N3. The first-order chi connectivity index (χ1) is 9.01. The highest BCUT2D eigenvalue weighted by atomic mass is 15.2. The fourth-order valence-corrected chi connectivity index (χ4v) is 2.63. The van der Waals surface area contributed by atoms with Crippen molar-refractivity contribution in [2.75, 3.05) is 32.1 Å². The summed E-state index contributed by atoms with van der Waals surface area (Å²) in [6.45, 7) is 8.67. The summed E-state index contributed by atoms with van der Waals surface area (Å²) in [5.74, 6) is 0. The number of para-hydroxylation sites is 1. The summed E-state index contributed by atoms with van der Waals surface area (Å²) in [5, 5.41) is 0. The second-order valence-electron chi connectivity index (χ2n) is 5.47. The van der Waals surface area contributed by atoms with Gasteiger partial charge in [-0.15, -0.1) is 0 Å². The zero-order chi connectivity index (χ0) is 14.4. The molecule has 0 bridgehead atoms. The molecule has 0 fully saturated rings. The maximum absolute atomic E-state index is 6.25. The van der Waals surface area contributed by atoms with Gasteiger partial charge in [-0.3, -0.25) is 0 Å². The van der Waals surface area contributed by atoms with E-state index in [1.165, 1.54) is 11.3 Å². The molecule has 0 spiro atoms. The first-order valence-corrected chi connectivity index (χ1v) is 7.27. The average Bonchev–Trinajstić information content (AvgIpc) is 2.38. The van der Waals surface area contributed by atoms with Gasteiger partial charge in [0.2, 0.25) is 0 Å². The Labute approximate surface area is 118 Å². The van der Waals surface area contributed by atoms with Gasteiger partial charge in [0.15, 0.2) is 0 Å². The molecule has 19 heavy (non-hydrogen) atoms. The van der Waals surface area contributed by atoms with E-state index in [2.05, 4.69) is 68.9 Å². The number of likely N-dealkylation sites (N-methyl/N-ethyl adjacent to an activating group) is 2. The molecule has 108 valence electrons. The van der Waals surface area contributed by atoms with Crippen molar-refractivity contribution in [2.24, 2.45) is 5.73 Å². The number of hydrogen-bond acceptors (Lipinski definition) is 3. The molecule has 1 unspecified atom stereocenters. The smallest absolute Gasteiger partial charge is 0.0417 e. The topological polar surface area (TPSA) is 32.5 Å². The van der Waals surface area contributed by atoms with Crippen LogP contribution in [0.3, 0.4) is 0 Å². The van der Waals surface area contributed by atoms with Crippen LogP contribution in [-0.4, -0.2) is 38.1 Å². The minimum Gasteiger partial charge on any atom is -0.368 e. The summed E-state index contributed by atoms with van der Waals surface area (Å²) in [5.41, 5.74) is 8.80. The summed E-state index contributed by atoms with van der Waals surface area (Å²) in [6.07, 6.45) is 0.969. The molecular weight excluding hydrogens is 234 g/mol. The van der Waals surface area contributed by atoms with Crippen LogP contribution >= 0.6 is 0 Å². The normalized spacial score (nSPS) is 14.5. The molecule has 2 N–H and O–H groups in total. The predicted octanol–water partition coefficient (Wildman–Crippen LogP) is 2.87. The highest BCUT2D eigenvalue weighted by molar-refractivity contribution is 5.55. The van der Waals surface area contributed by atoms with Crippen LogP contribution in [0.1, 0.15) is 38.8 Å². The van der Waals surface area contributed by atoms with E-state index in [-0.39, 0.29) is 6.04 Å². The van der Waals surface area contributed by atoms with Crippen molar-refractivity contribution in [3.63, 3.8) is 0 Å². The SMILES string of the molecule is CC[C@H](N)c1ccccc1N(CC)C(C)CN(C)C. The van der Waals surface area contributed by atoms with E-state index in [4.69, 9.17) is 5.73 Å². The molecule has 3 nitrogen and oxygen atoms in total. The largest absolute Gasteiger partial charge is 0.368 e. The molecule has 0 amide bonds. The molecule has 3 heteroatoms. The zero-order valence-corrected chi connectivity index (χ0v) is 13.1. The van der Waals surface area contributed by atoms with Crippen LogP contribution in [0, 0.1) is 0 Å². The molecule has 0 aliphatic carbocycles. The number of nitrogens with zero attached hydrogens (tertiary/aromatic N) is 2. The average molecular weight is 263 g/mol. The lowest BCUT2D eigenvalue weighted by Crippen LogP contribution is -2.40. The van der Waals surface area contributed by atoms with E-state index in [1.807, 2.05) is 0 Å². The van der Waals surface area contributed by atoms with Crippen LogP contribution in [0.15, 0.2) is 24.3 Å². The predicted molar refractivity (Wildman–Crippen MR) is 84.7 cm³/mol. The van der Waals surface area contributed by atoms with Crippen LogP contribution < -0.4 is 10.6 Å². The van der Waals surface area contributed by atoms with Crippen molar-refractivity contribution in [1.82, 2.24) is 4.90 Å². The number of rotatable bonds is 7. The lowest BCUT2D eigenvalue weighted by atomic mass is 10.0. The first kappa shape index (κ1) is 16.0. The molecule has 0 aromatic heterocycles. The van der Waals surface area contributed by atoms with Crippen molar-refractivity contribution in [2.45, 2.75) is 39.3 Å². The van der Waals surface area contributed by atoms with Gasteiger partial charge in [-0.25, -0.2) is 0 Å². The van der Waals surface area contributed by atoms with E-state index >= 15 is 0 Å². The maximum atomic E-state index is 6.25. The molecule has 1 rings (SSSR count). The molecule has 0 saturated heterocycles. The molecule has 0 aliphatic rings. The Balaban J connectivity index is 3.04. The number of hydrogen-bond donors (Lipinski definition) is 1. The third-order valence-electron chi connectivity index (χ3n) is 3.59. The second kappa shape index (κ2) is 7.51. The Hall–Kier alpha value is -1.06. The molecule has 0 heterocycles. The molecule has 1 aromatic carbocycles. The van der Waals surface area contributed by atoms with Crippen molar-refractivity contribution in [3.05, 3.63) is 29.8 Å². The van der Waals surface area contributed by atoms with E-state index in [0.29, 0.717) is 6.04 Å². The Morgan fingerprint density at radius 1 is 1.16 bits per heavy atom. The first-order valence-electron chi connectivity index (χ1n) is 7.27. The molecule has 1 aromatic rings. The Morgan fingerprint density at radius 2 is 1.79 bits per heavy atom. The van der Waals surface area contributed by atoms with Crippen LogP contribution in [0.4, 0.5) is 5.69 Å². The molecule has 0 saturated carbocycles. The van der Waals surface area contributed by atoms with Gasteiger partial charge in [0, 0.05) is 30.9 Å². The minimum atomic E-state index is 0.122. The van der Waals surface area contributed by atoms with Crippen molar-refractivity contribution >= 4 is 5.69 Å². The van der Waals surface area contributed by atoms with Gasteiger partial charge in [-0.2, -0.15) is 0 Å². The van der Waals surface area contributed by atoms with Crippen LogP contribution in [0.5, 0.6) is 0 Å². The van der Waals surface area contributed by atoms with Crippen molar-refractivity contribution in [1.29, 1.82) is 0 Å². The van der Waals surface area contributed by atoms with E-state index < -0.39 is 0 Å². The fourth-order valence-electron chi connectivity index (χ4n) is 2.63. The van der Waals surface area contributed by atoms with Gasteiger partial charge >= 0.3 is 0 Å². The van der Waals surface area contributed by atoms with E-state index in [0.717, 1.165) is 19.5 Å². The van der Waals surface area contributed by atoms with E-state index in [1.54, 1.807) is 0 Å². The number of benzene rings is 1. The fraction of sp³-hybridized carbons (Fsp3) is 0.625. The van der Waals surface area contributed by atoms with Gasteiger partial charge in [0.25, 0.3) is 0 Å². The lowest BCUT2D eigenvalue weighted by Gasteiger charge is -2.34. The van der Waals surface area contributed by atoms with Gasteiger partial charge in [0.05, 0.1) is 0 Å². The maximum Gasteiger partial charge on any atom is 0.0417 e. The summed E-state index contributed by atoms with van der Waals surface area (Å²) in [4.78, 5) is 4.68. The van der Waals surface area contributed by atoms with E-state index in [9.17, 15) is 0 Å². The minimum absolute atomic E-state index is 0.122. The Kier molecular flexibility index (Phi) is 6.32. The summed E-state index contributed by atoms with van der Waals surface area (Å²) >= 11 is 0. The molecule has 2 atom stereocenters. The number of anilines is 1. The third-order valence-corrected chi connectivity index (χ3v) is 3.59. The lowest BCUT2D eigenvalue weighted by molar-refractivity contribution is 0.372. The van der Waals surface area contributed by atoms with Crippen LogP contribution in [0.25, 0.3) is 0 Å².